The van der Waals surface area contributed by atoms with E-state index in [2.05, 4.69) is 36.3 Å². The van der Waals surface area contributed by atoms with Crippen molar-refractivity contribution in [1.29, 1.82) is 0 Å². The minimum atomic E-state index is -0.0271. The molecule has 0 unspecified atom stereocenters. The van der Waals surface area contributed by atoms with Crippen LogP contribution in [-0.4, -0.2) is 74.8 Å². The standard InChI is InChI=1S/C23H23BrN6O3/c24-18-5-15(7-25-21(18)33-12-13-1-2-13)23(32)30-10-16-8-29(9-17(16)11-30)22(31)14-3-4-19-20(6-14)27-28-26-19/h3-7,13,16-17H,1-2,8-12H2,(H,26,27,28)/t16-,17-/m0/s1. The van der Waals surface area contributed by atoms with Gasteiger partial charge < -0.3 is 14.5 Å². The molecule has 9 nitrogen and oxygen atoms in total. The highest BCUT2D eigenvalue weighted by Crippen LogP contribution is 2.34. The van der Waals surface area contributed by atoms with E-state index in [1.54, 1.807) is 30.5 Å². The summed E-state index contributed by atoms with van der Waals surface area (Å²) in [5, 5.41) is 10.7. The average Bonchev–Trinajstić information content (AvgIpc) is 3.19. The van der Waals surface area contributed by atoms with Gasteiger partial charge in [-0.2, -0.15) is 15.4 Å². The molecule has 4 heterocycles. The van der Waals surface area contributed by atoms with Crippen LogP contribution in [0.5, 0.6) is 5.88 Å². The largest absolute Gasteiger partial charge is 0.477 e. The van der Waals surface area contributed by atoms with Gasteiger partial charge in [0, 0.05) is 49.8 Å². The summed E-state index contributed by atoms with van der Waals surface area (Å²) in [7, 11) is 0. The zero-order valence-corrected chi connectivity index (χ0v) is 19.5. The number of carbonyl (C=O) groups excluding carboxylic acids is 2. The fraction of sp³-hybridized carbons (Fsp3) is 0.435. The number of halogens is 1. The second kappa shape index (κ2) is 8.09. The van der Waals surface area contributed by atoms with Crippen LogP contribution >= 0.6 is 15.9 Å². The highest BCUT2D eigenvalue weighted by molar-refractivity contribution is 9.10. The Morgan fingerprint density at radius 3 is 2.30 bits per heavy atom. The number of hydrogen-bond acceptors (Lipinski definition) is 6. The summed E-state index contributed by atoms with van der Waals surface area (Å²) in [6.07, 6.45) is 4.02. The smallest absolute Gasteiger partial charge is 0.255 e. The third-order valence-electron chi connectivity index (χ3n) is 6.83. The molecular formula is C23H23BrN6O3. The van der Waals surface area contributed by atoms with E-state index in [0.29, 0.717) is 65.7 Å². The summed E-state index contributed by atoms with van der Waals surface area (Å²) in [5.41, 5.74) is 2.59. The molecule has 2 atom stereocenters. The molecule has 3 fully saturated rings. The number of H-pyrrole nitrogens is 1. The van der Waals surface area contributed by atoms with Crippen molar-refractivity contribution in [3.63, 3.8) is 0 Å². The van der Waals surface area contributed by atoms with Crippen LogP contribution in [-0.2, 0) is 0 Å². The Labute approximate surface area is 198 Å². The van der Waals surface area contributed by atoms with E-state index in [9.17, 15) is 9.59 Å². The number of benzene rings is 1. The molecule has 1 saturated carbocycles. The third-order valence-corrected chi connectivity index (χ3v) is 7.40. The maximum Gasteiger partial charge on any atom is 0.255 e. The topological polar surface area (TPSA) is 104 Å². The molecule has 170 valence electrons. The monoisotopic (exact) mass is 510 g/mol. The molecule has 3 aliphatic rings. The molecule has 2 saturated heterocycles. The molecule has 2 aliphatic heterocycles. The van der Waals surface area contributed by atoms with Crippen LogP contribution in [0.25, 0.3) is 11.0 Å². The minimum absolute atomic E-state index is 0.00194. The highest BCUT2D eigenvalue weighted by atomic mass is 79.9. The van der Waals surface area contributed by atoms with Crippen molar-refractivity contribution in [2.45, 2.75) is 12.8 Å². The number of carbonyl (C=O) groups is 2. The van der Waals surface area contributed by atoms with Gasteiger partial charge in [0.2, 0.25) is 5.88 Å². The second-order valence-electron chi connectivity index (χ2n) is 9.23. The van der Waals surface area contributed by atoms with Crippen molar-refractivity contribution in [2.75, 3.05) is 32.8 Å². The predicted molar refractivity (Wildman–Crippen MR) is 123 cm³/mol. The zero-order valence-electron chi connectivity index (χ0n) is 17.9. The summed E-state index contributed by atoms with van der Waals surface area (Å²) in [5.74, 6) is 1.72. The molecular weight excluding hydrogens is 488 g/mol. The molecule has 2 aromatic heterocycles. The Balaban J connectivity index is 1.08. The molecule has 0 bridgehead atoms. The van der Waals surface area contributed by atoms with Crippen LogP contribution in [0.15, 0.2) is 34.9 Å². The SMILES string of the molecule is O=C(c1cnc(OCC2CC2)c(Br)c1)N1C[C@@H]2CN(C(=O)c3ccc4n[nH]nc4c3)C[C@H]2C1. The van der Waals surface area contributed by atoms with Crippen LogP contribution in [0.3, 0.4) is 0 Å². The van der Waals surface area contributed by atoms with Crippen LogP contribution < -0.4 is 4.74 Å². The number of nitrogens with one attached hydrogen (secondary N) is 1. The van der Waals surface area contributed by atoms with Crippen LogP contribution in [0.4, 0.5) is 0 Å². The number of fused-ring (bicyclic) bond motifs is 2. The first-order valence-electron chi connectivity index (χ1n) is 11.2. The Morgan fingerprint density at radius 2 is 1.64 bits per heavy atom. The number of ether oxygens (including phenoxy) is 1. The number of likely N-dealkylation sites (tertiary alicyclic amines) is 2. The maximum atomic E-state index is 13.1. The number of amides is 2. The fourth-order valence-electron chi connectivity index (χ4n) is 4.79. The molecule has 0 radical (unpaired) electrons. The minimum Gasteiger partial charge on any atom is -0.477 e. The number of pyridine rings is 1. The maximum absolute atomic E-state index is 13.1. The highest BCUT2D eigenvalue weighted by Gasteiger charge is 2.43. The van der Waals surface area contributed by atoms with Crippen molar-refractivity contribution in [1.82, 2.24) is 30.2 Å². The number of aromatic nitrogens is 4. The molecule has 1 aliphatic carbocycles. The summed E-state index contributed by atoms with van der Waals surface area (Å²) in [4.78, 5) is 34.2. The lowest BCUT2D eigenvalue weighted by Gasteiger charge is -2.22. The van der Waals surface area contributed by atoms with Gasteiger partial charge in [-0.3, -0.25) is 9.59 Å². The second-order valence-corrected chi connectivity index (χ2v) is 10.1. The Morgan fingerprint density at radius 1 is 0.970 bits per heavy atom. The van der Waals surface area contributed by atoms with Gasteiger partial charge >= 0.3 is 0 Å². The predicted octanol–water partition coefficient (Wildman–Crippen LogP) is 2.75. The molecule has 10 heteroatoms. The lowest BCUT2D eigenvalue weighted by Crippen LogP contribution is -2.35. The number of nitrogens with zero attached hydrogens (tertiary/aromatic N) is 5. The van der Waals surface area contributed by atoms with Crippen LogP contribution in [0.1, 0.15) is 33.6 Å². The molecule has 0 spiro atoms. The normalized spacial score (nSPS) is 22.1. The van der Waals surface area contributed by atoms with Gasteiger partial charge in [-0.15, -0.1) is 0 Å². The number of aromatic amines is 1. The fourth-order valence-corrected chi connectivity index (χ4v) is 5.26. The van der Waals surface area contributed by atoms with Crippen molar-refractivity contribution in [2.24, 2.45) is 17.8 Å². The first-order chi connectivity index (χ1) is 16.0. The van der Waals surface area contributed by atoms with Crippen molar-refractivity contribution in [3.05, 3.63) is 46.1 Å². The molecule has 6 rings (SSSR count). The third kappa shape index (κ3) is 3.96. The van der Waals surface area contributed by atoms with E-state index in [1.165, 1.54) is 12.8 Å². The first kappa shape index (κ1) is 20.6. The molecule has 2 amide bonds. The Hall–Kier alpha value is -3.01. The van der Waals surface area contributed by atoms with Gasteiger partial charge in [0.15, 0.2) is 0 Å². The Bertz CT molecular complexity index is 1230. The van der Waals surface area contributed by atoms with E-state index in [0.717, 1.165) is 5.52 Å². The Kier molecular flexibility index (Phi) is 5.05. The summed E-state index contributed by atoms with van der Waals surface area (Å²) in [6, 6.07) is 7.16. The van der Waals surface area contributed by atoms with E-state index in [-0.39, 0.29) is 23.7 Å². The van der Waals surface area contributed by atoms with E-state index >= 15 is 0 Å². The van der Waals surface area contributed by atoms with Gasteiger partial charge in [0.05, 0.1) is 16.6 Å². The van der Waals surface area contributed by atoms with Gasteiger partial charge in [-0.05, 0) is 59.0 Å². The lowest BCUT2D eigenvalue weighted by atomic mass is 10.0. The van der Waals surface area contributed by atoms with Crippen molar-refractivity contribution in [3.8, 4) is 5.88 Å². The van der Waals surface area contributed by atoms with E-state index in [1.807, 2.05) is 9.80 Å². The van der Waals surface area contributed by atoms with E-state index < -0.39 is 0 Å². The average molecular weight is 511 g/mol. The van der Waals surface area contributed by atoms with Gasteiger partial charge in [-0.25, -0.2) is 4.98 Å². The summed E-state index contributed by atoms with van der Waals surface area (Å²) in [6.45, 7) is 3.27. The molecule has 3 aromatic rings. The van der Waals surface area contributed by atoms with Gasteiger partial charge in [0.25, 0.3) is 11.8 Å². The quantitative estimate of drug-likeness (QED) is 0.565. The van der Waals surface area contributed by atoms with Crippen LogP contribution in [0.2, 0.25) is 0 Å². The van der Waals surface area contributed by atoms with Crippen molar-refractivity contribution >= 4 is 38.8 Å². The number of hydrogen-bond donors (Lipinski definition) is 1. The molecule has 1 N–H and O–H groups in total. The molecule has 1 aromatic carbocycles. The molecule has 33 heavy (non-hydrogen) atoms. The summed E-state index contributed by atoms with van der Waals surface area (Å²) < 4.78 is 6.44. The van der Waals surface area contributed by atoms with Gasteiger partial charge in [-0.1, -0.05) is 0 Å². The van der Waals surface area contributed by atoms with Gasteiger partial charge in [0.1, 0.15) is 11.0 Å². The lowest BCUT2D eigenvalue weighted by molar-refractivity contribution is 0.0738. The van der Waals surface area contributed by atoms with Crippen LogP contribution in [0, 0.1) is 17.8 Å². The summed E-state index contributed by atoms with van der Waals surface area (Å²) >= 11 is 3.49. The first-order valence-corrected chi connectivity index (χ1v) is 12.0. The zero-order chi connectivity index (χ0) is 22.5. The van der Waals surface area contributed by atoms with Crippen molar-refractivity contribution < 1.29 is 14.3 Å². The number of rotatable bonds is 5. The van der Waals surface area contributed by atoms with E-state index in [4.69, 9.17) is 4.74 Å².